The summed E-state index contributed by atoms with van der Waals surface area (Å²) in [7, 11) is 0. The summed E-state index contributed by atoms with van der Waals surface area (Å²) in [6, 6.07) is 0.744. The van der Waals surface area contributed by atoms with Crippen molar-refractivity contribution >= 4 is 0 Å². The summed E-state index contributed by atoms with van der Waals surface area (Å²) in [5.74, 6) is 1.78. The average Bonchev–Trinajstić information content (AvgIpc) is 2.46. The SMILES string of the molecule is CCN1CCC(CCN2CCN(CC(C)C)C[C@H]2C)CC1. The number of hydrogen-bond acceptors (Lipinski definition) is 3. The molecule has 0 spiro atoms. The molecule has 0 amide bonds. The van der Waals surface area contributed by atoms with Crippen molar-refractivity contribution in [3.63, 3.8) is 0 Å². The summed E-state index contributed by atoms with van der Waals surface area (Å²) in [6.45, 7) is 19.7. The van der Waals surface area contributed by atoms with Gasteiger partial charge in [0.1, 0.15) is 0 Å². The van der Waals surface area contributed by atoms with Gasteiger partial charge < -0.3 is 9.80 Å². The van der Waals surface area contributed by atoms with Crippen molar-refractivity contribution in [3.8, 4) is 0 Å². The molecule has 3 heteroatoms. The minimum atomic E-state index is 0.744. The summed E-state index contributed by atoms with van der Waals surface area (Å²) in [5.41, 5.74) is 0. The predicted octanol–water partition coefficient (Wildman–Crippen LogP) is 2.77. The van der Waals surface area contributed by atoms with Crippen molar-refractivity contribution in [1.29, 1.82) is 0 Å². The zero-order valence-corrected chi connectivity index (χ0v) is 14.9. The minimum absolute atomic E-state index is 0.744. The Balaban J connectivity index is 1.65. The van der Waals surface area contributed by atoms with Crippen molar-refractivity contribution in [3.05, 3.63) is 0 Å². The largest absolute Gasteiger partial charge is 0.304 e. The van der Waals surface area contributed by atoms with Gasteiger partial charge in [0.05, 0.1) is 0 Å². The van der Waals surface area contributed by atoms with E-state index >= 15 is 0 Å². The van der Waals surface area contributed by atoms with Gasteiger partial charge in [-0.2, -0.15) is 0 Å². The molecular formula is C18H37N3. The Hall–Kier alpha value is -0.120. The first kappa shape index (κ1) is 17.2. The highest BCUT2D eigenvalue weighted by atomic mass is 15.3. The average molecular weight is 296 g/mol. The molecule has 0 bridgehead atoms. The maximum absolute atomic E-state index is 2.74. The van der Waals surface area contributed by atoms with Crippen molar-refractivity contribution in [1.82, 2.24) is 14.7 Å². The van der Waals surface area contributed by atoms with Crippen molar-refractivity contribution < 1.29 is 0 Å². The summed E-state index contributed by atoms with van der Waals surface area (Å²) in [5, 5.41) is 0. The smallest absolute Gasteiger partial charge is 0.0195 e. The number of piperidine rings is 1. The molecule has 0 saturated carbocycles. The molecule has 124 valence electrons. The van der Waals surface area contributed by atoms with E-state index < -0.39 is 0 Å². The van der Waals surface area contributed by atoms with Gasteiger partial charge >= 0.3 is 0 Å². The number of hydrogen-bond donors (Lipinski definition) is 0. The molecule has 2 aliphatic heterocycles. The summed E-state index contributed by atoms with van der Waals surface area (Å²) in [6.07, 6.45) is 4.27. The first-order chi connectivity index (χ1) is 10.1. The topological polar surface area (TPSA) is 9.72 Å². The third-order valence-electron chi connectivity index (χ3n) is 5.45. The van der Waals surface area contributed by atoms with E-state index in [4.69, 9.17) is 0 Å². The van der Waals surface area contributed by atoms with Crippen LogP contribution in [0.1, 0.15) is 47.0 Å². The van der Waals surface area contributed by atoms with Gasteiger partial charge in [0, 0.05) is 32.2 Å². The molecule has 0 aromatic heterocycles. The third kappa shape index (κ3) is 5.54. The van der Waals surface area contributed by atoms with Crippen molar-refractivity contribution in [2.75, 3.05) is 52.4 Å². The zero-order valence-electron chi connectivity index (χ0n) is 14.9. The quantitative estimate of drug-likeness (QED) is 0.746. The molecule has 2 fully saturated rings. The van der Waals surface area contributed by atoms with Gasteiger partial charge in [-0.15, -0.1) is 0 Å². The second-order valence-corrected chi connectivity index (χ2v) is 7.70. The molecule has 1 atom stereocenters. The van der Waals surface area contributed by atoms with Crippen LogP contribution in [0, 0.1) is 11.8 Å². The van der Waals surface area contributed by atoms with Crippen LogP contribution in [0.25, 0.3) is 0 Å². The summed E-state index contributed by atoms with van der Waals surface area (Å²) < 4.78 is 0. The van der Waals surface area contributed by atoms with E-state index in [1.54, 1.807) is 0 Å². The van der Waals surface area contributed by atoms with Crippen LogP contribution in [0.3, 0.4) is 0 Å². The molecule has 2 rings (SSSR count). The van der Waals surface area contributed by atoms with Gasteiger partial charge in [-0.1, -0.05) is 20.8 Å². The fourth-order valence-electron chi connectivity index (χ4n) is 4.02. The van der Waals surface area contributed by atoms with Gasteiger partial charge in [0.15, 0.2) is 0 Å². The van der Waals surface area contributed by atoms with E-state index in [1.807, 2.05) is 0 Å². The molecule has 0 unspecified atom stereocenters. The first-order valence-corrected chi connectivity index (χ1v) is 9.27. The Morgan fingerprint density at radius 1 is 1.00 bits per heavy atom. The van der Waals surface area contributed by atoms with Crippen molar-refractivity contribution in [2.45, 2.75) is 53.0 Å². The molecule has 0 aromatic carbocycles. The maximum Gasteiger partial charge on any atom is 0.0195 e. The molecule has 0 aliphatic carbocycles. The molecule has 2 heterocycles. The highest BCUT2D eigenvalue weighted by Gasteiger charge is 2.25. The first-order valence-electron chi connectivity index (χ1n) is 9.27. The Bertz CT molecular complexity index is 284. The number of nitrogens with zero attached hydrogens (tertiary/aromatic N) is 3. The molecule has 0 aromatic rings. The van der Waals surface area contributed by atoms with E-state index in [9.17, 15) is 0 Å². The predicted molar refractivity (Wildman–Crippen MR) is 91.8 cm³/mol. The molecule has 2 saturated heterocycles. The van der Waals surface area contributed by atoms with E-state index in [1.165, 1.54) is 71.6 Å². The normalized spacial score (nSPS) is 27.6. The Morgan fingerprint density at radius 3 is 2.29 bits per heavy atom. The van der Waals surface area contributed by atoms with Crippen LogP contribution in [0.4, 0.5) is 0 Å². The van der Waals surface area contributed by atoms with Gasteiger partial charge in [0.25, 0.3) is 0 Å². The molecule has 2 aliphatic rings. The van der Waals surface area contributed by atoms with Gasteiger partial charge in [-0.05, 0) is 64.2 Å². The Kier molecular flexibility index (Phi) is 6.97. The number of likely N-dealkylation sites (tertiary alicyclic amines) is 1. The van der Waals surface area contributed by atoms with Gasteiger partial charge in [-0.3, -0.25) is 4.90 Å². The lowest BCUT2D eigenvalue weighted by atomic mass is 9.93. The molecule has 3 nitrogen and oxygen atoms in total. The lowest BCUT2D eigenvalue weighted by molar-refractivity contribution is 0.0677. The van der Waals surface area contributed by atoms with E-state index in [0.29, 0.717) is 0 Å². The monoisotopic (exact) mass is 295 g/mol. The van der Waals surface area contributed by atoms with Crippen LogP contribution < -0.4 is 0 Å². The highest BCUT2D eigenvalue weighted by Crippen LogP contribution is 2.22. The summed E-state index contributed by atoms with van der Waals surface area (Å²) in [4.78, 5) is 8.00. The van der Waals surface area contributed by atoms with Gasteiger partial charge in [-0.25, -0.2) is 0 Å². The maximum atomic E-state index is 2.74. The third-order valence-corrected chi connectivity index (χ3v) is 5.45. The van der Waals surface area contributed by atoms with Crippen LogP contribution in [-0.2, 0) is 0 Å². The molecule has 21 heavy (non-hydrogen) atoms. The summed E-state index contributed by atoms with van der Waals surface area (Å²) >= 11 is 0. The minimum Gasteiger partial charge on any atom is -0.304 e. The Morgan fingerprint density at radius 2 is 1.71 bits per heavy atom. The number of rotatable bonds is 6. The second-order valence-electron chi connectivity index (χ2n) is 7.70. The van der Waals surface area contributed by atoms with E-state index in [0.717, 1.165) is 17.9 Å². The van der Waals surface area contributed by atoms with Crippen LogP contribution >= 0.6 is 0 Å². The lowest BCUT2D eigenvalue weighted by Crippen LogP contribution is -2.53. The lowest BCUT2D eigenvalue weighted by Gasteiger charge is -2.41. The standard InChI is InChI=1S/C18H37N3/c1-5-19-9-6-18(7-10-19)8-11-21-13-12-20(14-16(2)3)15-17(21)4/h16-18H,5-15H2,1-4H3/t17-/m1/s1. The second kappa shape index (κ2) is 8.50. The van der Waals surface area contributed by atoms with Crippen LogP contribution in [-0.4, -0.2) is 73.1 Å². The molecule has 0 N–H and O–H groups in total. The van der Waals surface area contributed by atoms with Crippen LogP contribution in [0.15, 0.2) is 0 Å². The van der Waals surface area contributed by atoms with E-state index in [2.05, 4.69) is 42.4 Å². The van der Waals surface area contributed by atoms with Crippen molar-refractivity contribution in [2.24, 2.45) is 11.8 Å². The molecular weight excluding hydrogens is 258 g/mol. The highest BCUT2D eigenvalue weighted by molar-refractivity contribution is 4.81. The fraction of sp³-hybridized carbons (Fsp3) is 1.00. The molecule has 0 radical (unpaired) electrons. The van der Waals surface area contributed by atoms with Crippen LogP contribution in [0.5, 0.6) is 0 Å². The van der Waals surface area contributed by atoms with E-state index in [-0.39, 0.29) is 0 Å². The number of piperazine rings is 1. The fourth-order valence-corrected chi connectivity index (χ4v) is 4.02. The Labute approximate surface area is 132 Å². The van der Waals surface area contributed by atoms with Crippen LogP contribution in [0.2, 0.25) is 0 Å². The van der Waals surface area contributed by atoms with Gasteiger partial charge in [0.2, 0.25) is 0 Å². The zero-order chi connectivity index (χ0) is 15.2.